The van der Waals surface area contributed by atoms with Gasteiger partial charge in [0.15, 0.2) is 0 Å². The van der Waals surface area contributed by atoms with Gasteiger partial charge < -0.3 is 5.11 Å². The molecule has 1 N–H and O–H groups in total. The average molecular weight is 228 g/mol. The van der Waals surface area contributed by atoms with Crippen molar-refractivity contribution < 1.29 is 5.11 Å². The predicted octanol–water partition coefficient (Wildman–Crippen LogP) is 2.48. The number of benzene rings is 1. The number of rotatable bonds is 2. The lowest BCUT2D eigenvalue weighted by Gasteiger charge is -2.15. The molecule has 0 aliphatic carbocycles. The number of aromatic nitrogens is 2. The van der Waals surface area contributed by atoms with E-state index in [4.69, 9.17) is 0 Å². The Labute approximate surface area is 101 Å². The highest BCUT2D eigenvalue weighted by Gasteiger charge is 2.14. The second kappa shape index (κ2) is 4.63. The van der Waals surface area contributed by atoms with E-state index in [0.717, 1.165) is 16.7 Å². The average Bonchev–Trinajstić information content (AvgIpc) is 2.34. The van der Waals surface area contributed by atoms with Crippen LogP contribution in [0.5, 0.6) is 0 Å². The predicted molar refractivity (Wildman–Crippen MR) is 66.7 cm³/mol. The third-order valence-corrected chi connectivity index (χ3v) is 3.10. The van der Waals surface area contributed by atoms with E-state index >= 15 is 0 Å². The molecule has 0 bridgehead atoms. The molecule has 0 aliphatic rings. The fourth-order valence-corrected chi connectivity index (χ4v) is 1.92. The third kappa shape index (κ3) is 2.34. The Hall–Kier alpha value is -1.74. The van der Waals surface area contributed by atoms with Gasteiger partial charge in [-0.1, -0.05) is 12.1 Å². The van der Waals surface area contributed by atoms with E-state index < -0.39 is 6.10 Å². The highest BCUT2D eigenvalue weighted by molar-refractivity contribution is 5.40. The Kier molecular flexibility index (Phi) is 3.20. The summed E-state index contributed by atoms with van der Waals surface area (Å²) >= 11 is 0. The number of aryl methyl sites for hydroxylation is 3. The molecule has 88 valence electrons. The quantitative estimate of drug-likeness (QED) is 0.859. The number of hydrogen-bond acceptors (Lipinski definition) is 3. The Morgan fingerprint density at radius 1 is 1.00 bits per heavy atom. The Balaban J connectivity index is 2.44. The standard InChI is InChI=1S/C14H16N2O/c1-9-6-11(3)13(7-10(9)2)14(17)12-4-5-15-16-8-12/h4-8,14,17H,1-3H3. The molecule has 0 fully saturated rings. The number of nitrogens with zero attached hydrogens (tertiary/aromatic N) is 2. The largest absolute Gasteiger partial charge is 0.384 e. The fraction of sp³-hybridized carbons (Fsp3) is 0.286. The van der Waals surface area contributed by atoms with Crippen molar-refractivity contribution in [1.82, 2.24) is 10.2 Å². The summed E-state index contributed by atoms with van der Waals surface area (Å²) in [6.45, 7) is 6.14. The first-order chi connectivity index (χ1) is 8.09. The molecule has 1 heterocycles. The summed E-state index contributed by atoms with van der Waals surface area (Å²) in [5, 5.41) is 17.8. The molecule has 1 aromatic heterocycles. The lowest BCUT2D eigenvalue weighted by molar-refractivity contribution is 0.219. The number of aliphatic hydroxyl groups excluding tert-OH is 1. The Bertz CT molecular complexity index is 523. The minimum Gasteiger partial charge on any atom is -0.384 e. The van der Waals surface area contributed by atoms with Crippen LogP contribution < -0.4 is 0 Å². The summed E-state index contributed by atoms with van der Waals surface area (Å²) in [6.07, 6.45) is 2.55. The summed E-state index contributed by atoms with van der Waals surface area (Å²) in [6, 6.07) is 5.92. The Morgan fingerprint density at radius 2 is 1.71 bits per heavy atom. The van der Waals surface area contributed by atoms with Crippen molar-refractivity contribution in [2.24, 2.45) is 0 Å². The second-order valence-electron chi connectivity index (χ2n) is 4.37. The van der Waals surface area contributed by atoms with Gasteiger partial charge in [-0.2, -0.15) is 10.2 Å². The van der Waals surface area contributed by atoms with Crippen LogP contribution in [-0.4, -0.2) is 15.3 Å². The van der Waals surface area contributed by atoms with Gasteiger partial charge in [-0.3, -0.25) is 0 Å². The molecule has 1 unspecified atom stereocenters. The molecule has 2 rings (SSSR count). The van der Waals surface area contributed by atoms with Crippen molar-refractivity contribution in [2.45, 2.75) is 26.9 Å². The van der Waals surface area contributed by atoms with E-state index in [0.29, 0.717) is 0 Å². The number of hydrogen-bond donors (Lipinski definition) is 1. The van der Waals surface area contributed by atoms with E-state index in [2.05, 4.69) is 30.1 Å². The maximum Gasteiger partial charge on any atom is 0.106 e. The van der Waals surface area contributed by atoms with Gasteiger partial charge in [-0.05, 0) is 49.1 Å². The summed E-state index contributed by atoms with van der Waals surface area (Å²) in [7, 11) is 0. The Morgan fingerprint density at radius 3 is 2.35 bits per heavy atom. The molecule has 3 nitrogen and oxygen atoms in total. The summed E-state index contributed by atoms with van der Waals surface area (Å²) in [5.41, 5.74) is 5.22. The maximum atomic E-state index is 10.3. The van der Waals surface area contributed by atoms with Crippen LogP contribution in [0, 0.1) is 20.8 Å². The lowest BCUT2D eigenvalue weighted by atomic mass is 9.94. The van der Waals surface area contributed by atoms with Gasteiger partial charge in [0.05, 0.1) is 6.20 Å². The van der Waals surface area contributed by atoms with E-state index in [1.54, 1.807) is 18.5 Å². The van der Waals surface area contributed by atoms with Gasteiger partial charge in [-0.15, -0.1) is 0 Å². The highest BCUT2D eigenvalue weighted by Crippen LogP contribution is 2.26. The number of aliphatic hydroxyl groups is 1. The highest BCUT2D eigenvalue weighted by atomic mass is 16.3. The zero-order valence-corrected chi connectivity index (χ0v) is 10.3. The lowest BCUT2D eigenvalue weighted by Crippen LogP contribution is -2.04. The molecule has 0 saturated carbocycles. The zero-order chi connectivity index (χ0) is 12.4. The first-order valence-electron chi connectivity index (χ1n) is 5.62. The second-order valence-corrected chi connectivity index (χ2v) is 4.37. The summed E-state index contributed by atoms with van der Waals surface area (Å²) < 4.78 is 0. The molecular formula is C14H16N2O. The molecule has 1 atom stereocenters. The van der Waals surface area contributed by atoms with Crippen molar-refractivity contribution >= 4 is 0 Å². The van der Waals surface area contributed by atoms with Crippen molar-refractivity contribution in [2.75, 3.05) is 0 Å². The first kappa shape index (κ1) is 11.7. The van der Waals surface area contributed by atoms with Crippen LogP contribution >= 0.6 is 0 Å². The maximum absolute atomic E-state index is 10.3. The molecule has 0 saturated heterocycles. The van der Waals surface area contributed by atoms with E-state index in [-0.39, 0.29) is 0 Å². The van der Waals surface area contributed by atoms with Crippen LogP contribution in [0.4, 0.5) is 0 Å². The van der Waals surface area contributed by atoms with Gasteiger partial charge in [0.2, 0.25) is 0 Å². The summed E-state index contributed by atoms with van der Waals surface area (Å²) in [4.78, 5) is 0. The smallest absolute Gasteiger partial charge is 0.106 e. The first-order valence-corrected chi connectivity index (χ1v) is 5.62. The van der Waals surface area contributed by atoms with Crippen LogP contribution in [-0.2, 0) is 0 Å². The van der Waals surface area contributed by atoms with Gasteiger partial charge in [0, 0.05) is 11.8 Å². The van der Waals surface area contributed by atoms with Crippen LogP contribution in [0.15, 0.2) is 30.6 Å². The SMILES string of the molecule is Cc1cc(C)c(C(O)c2ccnnc2)cc1C. The molecule has 1 aromatic carbocycles. The molecular weight excluding hydrogens is 212 g/mol. The van der Waals surface area contributed by atoms with Gasteiger partial charge in [-0.25, -0.2) is 0 Å². The van der Waals surface area contributed by atoms with Crippen molar-refractivity contribution in [3.63, 3.8) is 0 Å². The summed E-state index contributed by atoms with van der Waals surface area (Å²) in [5.74, 6) is 0. The minimum absolute atomic E-state index is 0.634. The van der Waals surface area contributed by atoms with Crippen molar-refractivity contribution in [3.8, 4) is 0 Å². The minimum atomic E-state index is -0.634. The monoisotopic (exact) mass is 228 g/mol. The molecule has 0 amide bonds. The van der Waals surface area contributed by atoms with Crippen LogP contribution in [0.2, 0.25) is 0 Å². The molecule has 0 aliphatic heterocycles. The fourth-order valence-electron chi connectivity index (χ4n) is 1.92. The van der Waals surface area contributed by atoms with Crippen molar-refractivity contribution in [1.29, 1.82) is 0 Å². The van der Waals surface area contributed by atoms with E-state index in [1.807, 2.05) is 13.0 Å². The molecule has 17 heavy (non-hydrogen) atoms. The van der Waals surface area contributed by atoms with Gasteiger partial charge in [0.25, 0.3) is 0 Å². The normalized spacial score (nSPS) is 12.5. The van der Waals surface area contributed by atoms with E-state index in [1.165, 1.54) is 11.1 Å². The zero-order valence-electron chi connectivity index (χ0n) is 10.3. The van der Waals surface area contributed by atoms with Crippen LogP contribution in [0.1, 0.15) is 33.9 Å². The molecule has 2 aromatic rings. The third-order valence-electron chi connectivity index (χ3n) is 3.10. The van der Waals surface area contributed by atoms with Crippen molar-refractivity contribution in [3.05, 3.63) is 58.4 Å². The topological polar surface area (TPSA) is 46.0 Å². The van der Waals surface area contributed by atoms with Gasteiger partial charge >= 0.3 is 0 Å². The molecule has 0 spiro atoms. The van der Waals surface area contributed by atoms with Crippen LogP contribution in [0.25, 0.3) is 0 Å². The van der Waals surface area contributed by atoms with Crippen LogP contribution in [0.3, 0.4) is 0 Å². The van der Waals surface area contributed by atoms with Gasteiger partial charge in [0.1, 0.15) is 6.10 Å². The van der Waals surface area contributed by atoms with E-state index in [9.17, 15) is 5.11 Å². The molecule has 3 heteroatoms. The molecule has 0 radical (unpaired) electrons.